The standard InChI is InChI=1S/C20H19NO4S/c1-15-6-12-20(13-7-15)26(22,23)21-16-8-10-17(11-9-16)25-19-5-3-4-18(14-19)24-2/h3-14,21H,1-2H3. The maximum Gasteiger partial charge on any atom is 0.261 e. The van der Waals surface area contributed by atoms with Gasteiger partial charge in [0.25, 0.3) is 10.0 Å². The number of hydrogen-bond donors (Lipinski definition) is 1. The van der Waals surface area contributed by atoms with E-state index in [0.717, 1.165) is 5.56 Å². The highest BCUT2D eigenvalue weighted by Gasteiger charge is 2.13. The zero-order chi connectivity index (χ0) is 18.6. The second-order valence-electron chi connectivity index (χ2n) is 5.72. The van der Waals surface area contributed by atoms with Crippen LogP contribution in [0.25, 0.3) is 0 Å². The highest BCUT2D eigenvalue weighted by molar-refractivity contribution is 7.92. The second kappa shape index (κ2) is 7.49. The molecule has 0 amide bonds. The summed E-state index contributed by atoms with van der Waals surface area (Å²) in [6.07, 6.45) is 0. The summed E-state index contributed by atoms with van der Waals surface area (Å²) in [5.74, 6) is 1.93. The Kier molecular flexibility index (Phi) is 5.14. The lowest BCUT2D eigenvalue weighted by atomic mass is 10.2. The Bertz CT molecular complexity index is 981. The van der Waals surface area contributed by atoms with Crippen molar-refractivity contribution in [3.8, 4) is 17.2 Å². The third-order valence-corrected chi connectivity index (χ3v) is 5.11. The van der Waals surface area contributed by atoms with Crippen molar-refractivity contribution in [2.45, 2.75) is 11.8 Å². The van der Waals surface area contributed by atoms with Crippen molar-refractivity contribution in [1.82, 2.24) is 0 Å². The molecule has 134 valence electrons. The number of rotatable bonds is 6. The molecule has 0 unspecified atom stereocenters. The van der Waals surface area contributed by atoms with E-state index in [4.69, 9.17) is 9.47 Å². The number of nitrogens with one attached hydrogen (secondary N) is 1. The first kappa shape index (κ1) is 17.8. The van der Waals surface area contributed by atoms with Gasteiger partial charge in [0.15, 0.2) is 0 Å². The summed E-state index contributed by atoms with van der Waals surface area (Å²) in [6.45, 7) is 1.91. The summed E-state index contributed by atoms with van der Waals surface area (Å²) in [7, 11) is -2.03. The summed E-state index contributed by atoms with van der Waals surface area (Å²) in [5.41, 5.74) is 1.46. The van der Waals surface area contributed by atoms with E-state index in [2.05, 4.69) is 4.72 Å². The van der Waals surface area contributed by atoms with Gasteiger partial charge < -0.3 is 9.47 Å². The molecular formula is C20H19NO4S. The number of hydrogen-bond acceptors (Lipinski definition) is 4. The van der Waals surface area contributed by atoms with Gasteiger partial charge in [-0.15, -0.1) is 0 Å². The van der Waals surface area contributed by atoms with Crippen molar-refractivity contribution < 1.29 is 17.9 Å². The van der Waals surface area contributed by atoms with Crippen LogP contribution in [0.15, 0.2) is 77.7 Å². The van der Waals surface area contributed by atoms with E-state index in [1.165, 1.54) is 0 Å². The normalized spacial score (nSPS) is 11.0. The molecule has 0 fully saturated rings. The molecule has 0 radical (unpaired) electrons. The number of aryl methyl sites for hydroxylation is 1. The molecule has 0 saturated heterocycles. The minimum atomic E-state index is -3.62. The number of methoxy groups -OCH3 is 1. The second-order valence-corrected chi connectivity index (χ2v) is 7.41. The zero-order valence-corrected chi connectivity index (χ0v) is 15.3. The molecule has 0 aliphatic heterocycles. The van der Waals surface area contributed by atoms with Crippen LogP contribution in [0, 0.1) is 6.92 Å². The first-order chi connectivity index (χ1) is 12.5. The molecule has 0 saturated carbocycles. The van der Waals surface area contributed by atoms with Crippen LogP contribution in [0.3, 0.4) is 0 Å². The molecule has 0 aromatic heterocycles. The van der Waals surface area contributed by atoms with E-state index < -0.39 is 10.0 Å². The summed E-state index contributed by atoms with van der Waals surface area (Å²) >= 11 is 0. The Hall–Kier alpha value is -2.99. The summed E-state index contributed by atoms with van der Waals surface area (Å²) < 4.78 is 38.3. The van der Waals surface area contributed by atoms with Gasteiger partial charge in [0.1, 0.15) is 17.2 Å². The van der Waals surface area contributed by atoms with Crippen molar-refractivity contribution >= 4 is 15.7 Å². The molecule has 0 heterocycles. The average Bonchev–Trinajstić information content (AvgIpc) is 2.64. The molecule has 3 aromatic rings. The van der Waals surface area contributed by atoms with Crippen molar-refractivity contribution in [2.24, 2.45) is 0 Å². The molecule has 1 N–H and O–H groups in total. The van der Waals surface area contributed by atoms with Crippen LogP contribution in [-0.4, -0.2) is 15.5 Å². The third-order valence-electron chi connectivity index (χ3n) is 3.71. The molecule has 5 nitrogen and oxygen atoms in total. The number of benzene rings is 3. The highest BCUT2D eigenvalue weighted by Crippen LogP contribution is 2.26. The summed E-state index contributed by atoms with van der Waals surface area (Å²) in [6, 6.07) is 20.6. The molecule has 0 atom stereocenters. The van der Waals surface area contributed by atoms with Crippen LogP contribution < -0.4 is 14.2 Å². The van der Waals surface area contributed by atoms with E-state index in [-0.39, 0.29) is 4.90 Å². The SMILES string of the molecule is COc1cccc(Oc2ccc(NS(=O)(=O)c3ccc(C)cc3)cc2)c1. The topological polar surface area (TPSA) is 64.6 Å². The number of anilines is 1. The van der Waals surface area contributed by atoms with Crippen LogP contribution in [0.1, 0.15) is 5.56 Å². The lowest BCUT2D eigenvalue weighted by Gasteiger charge is -2.10. The Morgan fingerprint density at radius 2 is 1.46 bits per heavy atom. The lowest BCUT2D eigenvalue weighted by Crippen LogP contribution is -2.12. The molecule has 3 rings (SSSR count). The Morgan fingerprint density at radius 1 is 0.808 bits per heavy atom. The van der Waals surface area contributed by atoms with Gasteiger partial charge in [-0.1, -0.05) is 23.8 Å². The minimum absolute atomic E-state index is 0.222. The smallest absolute Gasteiger partial charge is 0.261 e. The van der Waals surface area contributed by atoms with Crippen LogP contribution in [-0.2, 0) is 10.0 Å². The van der Waals surface area contributed by atoms with Crippen molar-refractivity contribution in [1.29, 1.82) is 0 Å². The van der Waals surface area contributed by atoms with Crippen molar-refractivity contribution in [3.63, 3.8) is 0 Å². The molecule has 26 heavy (non-hydrogen) atoms. The van der Waals surface area contributed by atoms with Gasteiger partial charge in [-0.25, -0.2) is 8.42 Å². The number of ether oxygens (including phenoxy) is 2. The highest BCUT2D eigenvalue weighted by atomic mass is 32.2. The predicted octanol–water partition coefficient (Wildman–Crippen LogP) is 4.60. The maximum atomic E-state index is 12.4. The Labute approximate surface area is 153 Å². The monoisotopic (exact) mass is 369 g/mol. The fraction of sp³-hybridized carbons (Fsp3) is 0.100. The predicted molar refractivity (Wildman–Crippen MR) is 101 cm³/mol. The summed E-state index contributed by atoms with van der Waals surface area (Å²) in [4.78, 5) is 0.222. The first-order valence-corrected chi connectivity index (χ1v) is 9.46. The van der Waals surface area contributed by atoms with Gasteiger partial charge in [-0.3, -0.25) is 4.72 Å². The quantitative estimate of drug-likeness (QED) is 0.690. The number of sulfonamides is 1. The van der Waals surface area contributed by atoms with Crippen LogP contribution >= 0.6 is 0 Å². The van der Waals surface area contributed by atoms with E-state index in [1.54, 1.807) is 61.7 Å². The van der Waals surface area contributed by atoms with Crippen LogP contribution in [0.5, 0.6) is 17.2 Å². The summed E-state index contributed by atoms with van der Waals surface area (Å²) in [5, 5.41) is 0. The molecule has 0 aliphatic rings. The van der Waals surface area contributed by atoms with Crippen molar-refractivity contribution in [3.05, 3.63) is 78.4 Å². The van der Waals surface area contributed by atoms with Crippen LogP contribution in [0.2, 0.25) is 0 Å². The molecule has 0 aliphatic carbocycles. The minimum Gasteiger partial charge on any atom is -0.497 e. The van der Waals surface area contributed by atoms with Gasteiger partial charge in [0.05, 0.1) is 12.0 Å². The fourth-order valence-electron chi connectivity index (χ4n) is 2.32. The largest absolute Gasteiger partial charge is 0.497 e. The van der Waals surface area contributed by atoms with E-state index >= 15 is 0 Å². The van der Waals surface area contributed by atoms with Crippen LogP contribution in [0.4, 0.5) is 5.69 Å². The van der Waals surface area contributed by atoms with Gasteiger partial charge in [-0.05, 0) is 55.5 Å². The van der Waals surface area contributed by atoms with Gasteiger partial charge in [0.2, 0.25) is 0 Å². The van der Waals surface area contributed by atoms with E-state index in [9.17, 15) is 8.42 Å². The van der Waals surface area contributed by atoms with Gasteiger partial charge in [0, 0.05) is 11.8 Å². The first-order valence-electron chi connectivity index (χ1n) is 7.98. The van der Waals surface area contributed by atoms with E-state index in [0.29, 0.717) is 22.9 Å². The average molecular weight is 369 g/mol. The lowest BCUT2D eigenvalue weighted by molar-refractivity contribution is 0.409. The van der Waals surface area contributed by atoms with Gasteiger partial charge >= 0.3 is 0 Å². The third kappa shape index (κ3) is 4.34. The van der Waals surface area contributed by atoms with Crippen molar-refractivity contribution in [2.75, 3.05) is 11.8 Å². The van der Waals surface area contributed by atoms with E-state index in [1.807, 2.05) is 25.1 Å². The fourth-order valence-corrected chi connectivity index (χ4v) is 3.38. The van der Waals surface area contributed by atoms with Gasteiger partial charge in [-0.2, -0.15) is 0 Å². The molecular weight excluding hydrogens is 350 g/mol. The Balaban J connectivity index is 1.72. The molecule has 0 bridgehead atoms. The maximum absolute atomic E-state index is 12.4. The molecule has 6 heteroatoms. The molecule has 3 aromatic carbocycles. The molecule has 0 spiro atoms. The zero-order valence-electron chi connectivity index (χ0n) is 14.5. The Morgan fingerprint density at radius 3 is 2.12 bits per heavy atom.